The molecule has 0 aliphatic rings. The van der Waals surface area contributed by atoms with Gasteiger partial charge in [-0.15, -0.1) is 0 Å². The Hall–Kier alpha value is -2.02. The summed E-state index contributed by atoms with van der Waals surface area (Å²) < 4.78 is 0. The van der Waals surface area contributed by atoms with Crippen molar-refractivity contribution in [3.8, 4) is 0 Å². The molecule has 3 N–H and O–H groups in total. The molecule has 1 aromatic carbocycles. The van der Waals surface area contributed by atoms with Crippen molar-refractivity contribution < 1.29 is 19.8 Å². The van der Waals surface area contributed by atoms with Gasteiger partial charge in [0.15, 0.2) is 5.16 Å². The van der Waals surface area contributed by atoms with Crippen molar-refractivity contribution in [1.82, 2.24) is 9.97 Å². The van der Waals surface area contributed by atoms with Gasteiger partial charge in [-0.3, -0.25) is 9.59 Å². The Labute approximate surface area is 106 Å². The number of nitrogens with zero attached hydrogens (tertiary/aromatic N) is 1. The number of H-pyrrole nitrogens is 1. The van der Waals surface area contributed by atoms with Crippen LogP contribution in [0.2, 0.25) is 0 Å². The molecule has 7 heteroatoms. The molecule has 0 radical (unpaired) electrons. The predicted octanol–water partition coefficient (Wildman–Crippen LogP) is 1.58. The predicted molar refractivity (Wildman–Crippen MR) is 65.6 cm³/mol. The maximum atomic E-state index is 10.9. The van der Waals surface area contributed by atoms with E-state index >= 15 is 0 Å². The third-order valence-corrected chi connectivity index (χ3v) is 3.33. The summed E-state index contributed by atoms with van der Waals surface area (Å²) in [4.78, 5) is 28.6. The molecule has 1 unspecified atom stereocenters. The topological polar surface area (TPSA) is 103 Å². The van der Waals surface area contributed by atoms with Crippen LogP contribution in [0.15, 0.2) is 29.4 Å². The van der Waals surface area contributed by atoms with Crippen LogP contribution >= 0.6 is 11.8 Å². The number of carbonyl (C=O) groups is 2. The summed E-state index contributed by atoms with van der Waals surface area (Å²) >= 11 is 0.904. The largest absolute Gasteiger partial charge is 0.481 e. The molecule has 0 aliphatic carbocycles. The lowest BCUT2D eigenvalue weighted by Crippen LogP contribution is -2.20. The summed E-state index contributed by atoms with van der Waals surface area (Å²) in [5.41, 5.74) is 1.51. The van der Waals surface area contributed by atoms with Crippen molar-refractivity contribution in [2.75, 3.05) is 0 Å². The Morgan fingerprint density at radius 3 is 2.67 bits per heavy atom. The Kier molecular flexibility index (Phi) is 3.52. The average Bonchev–Trinajstić information content (AvgIpc) is 2.69. The molecule has 0 saturated carbocycles. The highest BCUT2D eigenvalue weighted by molar-refractivity contribution is 8.00. The van der Waals surface area contributed by atoms with Gasteiger partial charge >= 0.3 is 11.9 Å². The first-order valence-corrected chi connectivity index (χ1v) is 6.00. The van der Waals surface area contributed by atoms with Gasteiger partial charge < -0.3 is 15.2 Å². The molecule has 2 aromatic rings. The fourth-order valence-corrected chi connectivity index (χ4v) is 2.37. The van der Waals surface area contributed by atoms with E-state index in [-0.39, 0.29) is 0 Å². The van der Waals surface area contributed by atoms with Gasteiger partial charge in [-0.2, -0.15) is 0 Å². The van der Waals surface area contributed by atoms with Crippen LogP contribution in [0.3, 0.4) is 0 Å². The minimum Gasteiger partial charge on any atom is -0.481 e. The van der Waals surface area contributed by atoms with Crippen molar-refractivity contribution in [2.24, 2.45) is 0 Å². The van der Waals surface area contributed by atoms with Crippen molar-refractivity contribution in [3.63, 3.8) is 0 Å². The fraction of sp³-hybridized carbons (Fsp3) is 0.182. The molecule has 0 bridgehead atoms. The maximum Gasteiger partial charge on any atom is 0.317 e. The molecule has 94 valence electrons. The smallest absolute Gasteiger partial charge is 0.317 e. The van der Waals surface area contributed by atoms with Gasteiger partial charge in [0.1, 0.15) is 5.25 Å². The van der Waals surface area contributed by atoms with Gasteiger partial charge in [-0.25, -0.2) is 4.98 Å². The van der Waals surface area contributed by atoms with E-state index in [4.69, 9.17) is 10.2 Å². The first-order valence-electron chi connectivity index (χ1n) is 5.12. The fourth-order valence-electron chi connectivity index (χ4n) is 1.46. The van der Waals surface area contributed by atoms with Gasteiger partial charge in [-0.1, -0.05) is 23.9 Å². The van der Waals surface area contributed by atoms with Crippen LogP contribution < -0.4 is 0 Å². The zero-order chi connectivity index (χ0) is 13.1. The van der Waals surface area contributed by atoms with Gasteiger partial charge in [0.2, 0.25) is 0 Å². The Bertz CT molecular complexity index is 562. The Balaban J connectivity index is 2.20. The molecule has 0 fully saturated rings. The van der Waals surface area contributed by atoms with Crippen LogP contribution in [0.4, 0.5) is 0 Å². The monoisotopic (exact) mass is 266 g/mol. The van der Waals surface area contributed by atoms with Gasteiger partial charge in [-0.05, 0) is 12.1 Å². The van der Waals surface area contributed by atoms with Gasteiger partial charge in [0.25, 0.3) is 0 Å². The summed E-state index contributed by atoms with van der Waals surface area (Å²) in [5.74, 6) is -2.31. The molecular weight excluding hydrogens is 256 g/mol. The summed E-state index contributed by atoms with van der Waals surface area (Å²) in [6.07, 6.45) is -0.447. The van der Waals surface area contributed by atoms with E-state index in [0.29, 0.717) is 5.16 Å². The SMILES string of the molecule is O=C(O)CC(Sc1nc2ccccc2[nH]1)C(=O)O. The first-order chi connectivity index (χ1) is 8.56. The van der Waals surface area contributed by atoms with Gasteiger partial charge in [0.05, 0.1) is 17.5 Å². The van der Waals surface area contributed by atoms with E-state index in [9.17, 15) is 9.59 Å². The highest BCUT2D eigenvalue weighted by Crippen LogP contribution is 2.25. The number of aromatic amines is 1. The molecule has 0 saturated heterocycles. The Morgan fingerprint density at radius 2 is 2.06 bits per heavy atom. The average molecular weight is 266 g/mol. The zero-order valence-corrected chi connectivity index (χ0v) is 9.98. The number of hydrogen-bond donors (Lipinski definition) is 3. The molecule has 0 amide bonds. The minimum absolute atomic E-state index is 0.407. The number of carboxylic acid groups (broad SMARTS) is 2. The Morgan fingerprint density at radius 1 is 1.33 bits per heavy atom. The highest BCUT2D eigenvalue weighted by Gasteiger charge is 2.23. The molecular formula is C11H10N2O4S. The number of nitrogens with one attached hydrogen (secondary N) is 1. The molecule has 1 atom stereocenters. The van der Waals surface area contributed by atoms with Crippen molar-refractivity contribution in [2.45, 2.75) is 16.8 Å². The van der Waals surface area contributed by atoms with E-state index in [1.54, 1.807) is 6.07 Å². The number of rotatable bonds is 5. The normalized spacial score (nSPS) is 12.4. The number of para-hydroxylation sites is 2. The van der Waals surface area contributed by atoms with Crippen LogP contribution in [0, 0.1) is 0 Å². The lowest BCUT2D eigenvalue weighted by molar-refractivity contribution is -0.142. The number of hydrogen-bond acceptors (Lipinski definition) is 4. The number of imidazole rings is 1. The van der Waals surface area contributed by atoms with Crippen LogP contribution in [0.1, 0.15) is 6.42 Å². The summed E-state index contributed by atoms with van der Waals surface area (Å²) in [6.45, 7) is 0. The minimum atomic E-state index is -1.16. The number of thioether (sulfide) groups is 1. The van der Waals surface area contributed by atoms with Crippen molar-refractivity contribution in [1.29, 1.82) is 0 Å². The standard InChI is InChI=1S/C11H10N2O4S/c14-9(15)5-8(10(16)17)18-11-12-6-3-1-2-4-7(6)13-11/h1-4,8H,5H2,(H,12,13)(H,14,15)(H,16,17). The van der Waals surface area contributed by atoms with Crippen molar-refractivity contribution in [3.05, 3.63) is 24.3 Å². The molecule has 1 heterocycles. The van der Waals surface area contributed by atoms with Crippen LogP contribution in [0.25, 0.3) is 11.0 Å². The number of fused-ring (bicyclic) bond motifs is 1. The molecule has 0 spiro atoms. The number of aromatic nitrogens is 2. The second-order valence-electron chi connectivity index (χ2n) is 3.60. The maximum absolute atomic E-state index is 10.9. The molecule has 0 aliphatic heterocycles. The first kappa shape index (κ1) is 12.4. The second-order valence-corrected chi connectivity index (χ2v) is 4.79. The summed E-state index contributed by atoms with van der Waals surface area (Å²) in [7, 11) is 0. The number of carboxylic acids is 2. The molecule has 6 nitrogen and oxygen atoms in total. The van der Waals surface area contributed by atoms with E-state index < -0.39 is 23.6 Å². The van der Waals surface area contributed by atoms with Gasteiger partial charge in [0, 0.05) is 0 Å². The van der Waals surface area contributed by atoms with Crippen LogP contribution in [-0.4, -0.2) is 37.4 Å². The quantitative estimate of drug-likeness (QED) is 0.710. The van der Waals surface area contributed by atoms with E-state index in [2.05, 4.69) is 9.97 Å². The zero-order valence-electron chi connectivity index (χ0n) is 9.16. The van der Waals surface area contributed by atoms with Crippen molar-refractivity contribution >= 4 is 34.7 Å². The number of benzene rings is 1. The van der Waals surface area contributed by atoms with E-state index in [1.807, 2.05) is 18.2 Å². The highest BCUT2D eigenvalue weighted by atomic mass is 32.2. The van der Waals surface area contributed by atoms with Crippen LogP contribution in [0.5, 0.6) is 0 Å². The van der Waals surface area contributed by atoms with E-state index in [0.717, 1.165) is 22.8 Å². The lowest BCUT2D eigenvalue weighted by atomic mass is 10.3. The molecule has 18 heavy (non-hydrogen) atoms. The second kappa shape index (κ2) is 5.09. The number of aliphatic carboxylic acids is 2. The molecule has 2 rings (SSSR count). The third-order valence-electron chi connectivity index (χ3n) is 2.26. The summed E-state index contributed by atoms with van der Waals surface area (Å²) in [6, 6.07) is 7.27. The van der Waals surface area contributed by atoms with Crippen LogP contribution in [-0.2, 0) is 9.59 Å². The molecule has 1 aromatic heterocycles. The summed E-state index contributed by atoms with van der Waals surface area (Å²) in [5, 5.41) is 16.9. The third kappa shape index (κ3) is 2.80. The lowest BCUT2D eigenvalue weighted by Gasteiger charge is -2.06. The van der Waals surface area contributed by atoms with E-state index in [1.165, 1.54) is 0 Å².